The van der Waals surface area contributed by atoms with Crippen LogP contribution in [0.25, 0.3) is 10.1 Å². The molecule has 0 saturated heterocycles. The molecule has 1 heterocycles. The van der Waals surface area contributed by atoms with Crippen molar-refractivity contribution >= 4 is 33.2 Å². The molecule has 0 aliphatic rings. The van der Waals surface area contributed by atoms with Gasteiger partial charge in [0.25, 0.3) is 5.91 Å². The highest BCUT2D eigenvalue weighted by Crippen LogP contribution is 2.26. The van der Waals surface area contributed by atoms with Crippen LogP contribution in [0.4, 0.5) is 4.39 Å². The number of rotatable bonds is 4. The van der Waals surface area contributed by atoms with Crippen LogP contribution in [0, 0.1) is 5.82 Å². The second kappa shape index (κ2) is 5.87. The summed E-state index contributed by atoms with van der Waals surface area (Å²) < 4.78 is 13.8. The molecule has 0 spiro atoms. The van der Waals surface area contributed by atoms with Gasteiger partial charge in [0.1, 0.15) is 11.7 Å². The van der Waals surface area contributed by atoms with Crippen molar-refractivity contribution in [2.45, 2.75) is 19.4 Å². The second-order valence-electron chi connectivity index (χ2n) is 4.46. The van der Waals surface area contributed by atoms with E-state index < -0.39 is 0 Å². The molecule has 1 aromatic carbocycles. The number of carbonyl (C=O) groups excluding carboxylic acids is 1. The molecule has 20 heavy (non-hydrogen) atoms. The summed E-state index contributed by atoms with van der Waals surface area (Å²) in [4.78, 5) is 12.5. The fourth-order valence-corrected chi connectivity index (χ4v) is 2.81. The number of carbonyl (C=O) groups is 1. The Morgan fingerprint density at radius 2 is 2.30 bits per heavy atom. The number of nitrogens with one attached hydrogen (secondary N) is 1. The maximum absolute atomic E-state index is 13.1. The van der Waals surface area contributed by atoms with E-state index in [1.165, 1.54) is 23.5 Å². The molecular formula is C13H14FN3O2S. The van der Waals surface area contributed by atoms with Crippen molar-refractivity contribution in [3.05, 3.63) is 35.0 Å². The van der Waals surface area contributed by atoms with Crippen LogP contribution >= 0.6 is 11.3 Å². The highest BCUT2D eigenvalue weighted by atomic mass is 32.1. The van der Waals surface area contributed by atoms with Gasteiger partial charge in [-0.3, -0.25) is 4.79 Å². The molecule has 5 nitrogen and oxygen atoms in total. The first-order valence-corrected chi connectivity index (χ1v) is 6.77. The number of halogens is 1. The molecule has 0 saturated carbocycles. The average Bonchev–Trinajstić information content (AvgIpc) is 2.81. The molecule has 0 aliphatic heterocycles. The fraction of sp³-hybridized carbons (Fsp3) is 0.231. The summed E-state index contributed by atoms with van der Waals surface area (Å²) in [6, 6.07) is 5.84. The minimum Gasteiger partial charge on any atom is -0.409 e. The van der Waals surface area contributed by atoms with Gasteiger partial charge >= 0.3 is 0 Å². The zero-order chi connectivity index (χ0) is 14.7. The van der Waals surface area contributed by atoms with Gasteiger partial charge in [-0.25, -0.2) is 4.39 Å². The van der Waals surface area contributed by atoms with E-state index in [4.69, 9.17) is 10.9 Å². The minimum atomic E-state index is -0.327. The molecule has 1 atom stereocenters. The van der Waals surface area contributed by atoms with E-state index in [0.29, 0.717) is 4.88 Å². The van der Waals surface area contributed by atoms with Gasteiger partial charge < -0.3 is 16.3 Å². The van der Waals surface area contributed by atoms with E-state index in [9.17, 15) is 9.18 Å². The topological polar surface area (TPSA) is 87.7 Å². The van der Waals surface area contributed by atoms with E-state index in [2.05, 4.69) is 10.5 Å². The van der Waals surface area contributed by atoms with Gasteiger partial charge in [-0.05, 0) is 30.5 Å². The van der Waals surface area contributed by atoms with Gasteiger partial charge in [-0.15, -0.1) is 11.3 Å². The first kappa shape index (κ1) is 14.3. The van der Waals surface area contributed by atoms with Gasteiger partial charge in [0, 0.05) is 17.2 Å². The molecule has 2 aromatic rings. The van der Waals surface area contributed by atoms with E-state index in [-0.39, 0.29) is 30.0 Å². The Labute approximate surface area is 118 Å². The van der Waals surface area contributed by atoms with Crippen molar-refractivity contribution in [3.63, 3.8) is 0 Å². The minimum absolute atomic E-state index is 0.0520. The number of nitrogens with two attached hydrogens (primary N) is 1. The van der Waals surface area contributed by atoms with Crippen molar-refractivity contribution in [2.24, 2.45) is 10.9 Å². The summed E-state index contributed by atoms with van der Waals surface area (Å²) in [6.07, 6.45) is 0.252. The van der Waals surface area contributed by atoms with Crippen LogP contribution in [0.5, 0.6) is 0 Å². The molecule has 7 heteroatoms. The molecule has 2 rings (SSSR count). The SMILES string of the molecule is CC(C/C(N)=N/O)NC(=O)c1cc2ccc(F)cc2s1. The van der Waals surface area contributed by atoms with Gasteiger partial charge in [0.2, 0.25) is 0 Å². The van der Waals surface area contributed by atoms with Crippen LogP contribution in [0.1, 0.15) is 23.0 Å². The van der Waals surface area contributed by atoms with E-state index in [1.54, 1.807) is 19.1 Å². The molecule has 1 amide bonds. The molecule has 0 aliphatic carbocycles. The Hall–Kier alpha value is -2.15. The van der Waals surface area contributed by atoms with E-state index in [1.807, 2.05) is 0 Å². The van der Waals surface area contributed by atoms with E-state index >= 15 is 0 Å². The second-order valence-corrected chi connectivity index (χ2v) is 5.55. The van der Waals surface area contributed by atoms with Crippen LogP contribution in [0.3, 0.4) is 0 Å². The lowest BCUT2D eigenvalue weighted by Gasteiger charge is -2.11. The summed E-state index contributed by atoms with van der Waals surface area (Å²) in [5.41, 5.74) is 5.38. The first-order valence-electron chi connectivity index (χ1n) is 5.96. The smallest absolute Gasteiger partial charge is 0.261 e. The zero-order valence-corrected chi connectivity index (χ0v) is 11.6. The Morgan fingerprint density at radius 3 is 3.00 bits per heavy atom. The standard InChI is InChI=1S/C13H14FN3O2S/c1-7(4-12(15)17-19)16-13(18)11-5-8-2-3-9(14)6-10(8)20-11/h2-3,5-7,19H,4H2,1H3,(H2,15,17)(H,16,18). The quantitative estimate of drug-likeness (QED) is 0.350. The van der Waals surface area contributed by atoms with Crippen molar-refractivity contribution in [2.75, 3.05) is 0 Å². The third-order valence-corrected chi connectivity index (χ3v) is 3.82. The number of oxime groups is 1. The van der Waals surface area contributed by atoms with Gasteiger partial charge in [-0.1, -0.05) is 11.2 Å². The van der Waals surface area contributed by atoms with Crippen LogP contribution in [0.15, 0.2) is 29.4 Å². The predicted molar refractivity (Wildman–Crippen MR) is 76.7 cm³/mol. The summed E-state index contributed by atoms with van der Waals surface area (Å²) in [7, 11) is 0. The normalized spacial score (nSPS) is 13.4. The number of amides is 1. The van der Waals surface area contributed by atoms with Crippen molar-refractivity contribution in [1.29, 1.82) is 0 Å². The Bertz CT molecular complexity index is 669. The monoisotopic (exact) mass is 295 g/mol. The van der Waals surface area contributed by atoms with Crippen LogP contribution in [-0.2, 0) is 0 Å². The van der Waals surface area contributed by atoms with Gasteiger partial charge in [0.05, 0.1) is 4.88 Å². The van der Waals surface area contributed by atoms with Crippen molar-refractivity contribution < 1.29 is 14.4 Å². The number of fused-ring (bicyclic) bond motifs is 1. The van der Waals surface area contributed by atoms with Crippen molar-refractivity contribution in [1.82, 2.24) is 5.32 Å². The van der Waals surface area contributed by atoms with Crippen LogP contribution in [0.2, 0.25) is 0 Å². The van der Waals surface area contributed by atoms with Crippen molar-refractivity contribution in [3.8, 4) is 0 Å². The number of nitrogens with zero attached hydrogens (tertiary/aromatic N) is 1. The van der Waals surface area contributed by atoms with E-state index in [0.717, 1.165) is 10.1 Å². The number of benzene rings is 1. The zero-order valence-electron chi connectivity index (χ0n) is 10.8. The molecule has 1 aromatic heterocycles. The highest BCUT2D eigenvalue weighted by molar-refractivity contribution is 7.20. The summed E-state index contributed by atoms with van der Waals surface area (Å²) in [5, 5.41) is 14.9. The maximum atomic E-state index is 13.1. The average molecular weight is 295 g/mol. The third-order valence-electron chi connectivity index (χ3n) is 2.73. The Morgan fingerprint density at radius 1 is 1.55 bits per heavy atom. The molecule has 0 radical (unpaired) electrons. The molecule has 106 valence electrons. The number of hydrogen-bond acceptors (Lipinski definition) is 4. The molecule has 4 N–H and O–H groups in total. The molecule has 0 bridgehead atoms. The fourth-order valence-electron chi connectivity index (χ4n) is 1.82. The van der Waals surface area contributed by atoms with Gasteiger partial charge in [0.15, 0.2) is 0 Å². The lowest BCUT2D eigenvalue weighted by atomic mass is 10.2. The van der Waals surface area contributed by atoms with Crippen LogP contribution < -0.4 is 11.1 Å². The summed E-state index contributed by atoms with van der Waals surface area (Å²) >= 11 is 1.22. The molecule has 1 unspecified atom stereocenters. The molecule has 0 fully saturated rings. The summed E-state index contributed by atoms with van der Waals surface area (Å²) in [5.74, 6) is -0.535. The maximum Gasteiger partial charge on any atom is 0.261 e. The van der Waals surface area contributed by atoms with Gasteiger partial charge in [-0.2, -0.15) is 0 Å². The largest absolute Gasteiger partial charge is 0.409 e. The first-order chi connectivity index (χ1) is 9.49. The third kappa shape index (κ3) is 3.24. The lowest BCUT2D eigenvalue weighted by molar-refractivity contribution is 0.0945. The summed E-state index contributed by atoms with van der Waals surface area (Å²) in [6.45, 7) is 1.75. The highest BCUT2D eigenvalue weighted by Gasteiger charge is 2.14. The Balaban J connectivity index is 2.11. The predicted octanol–water partition coefficient (Wildman–Crippen LogP) is 2.30. The number of thiophene rings is 1. The number of amidine groups is 1. The number of hydrogen-bond donors (Lipinski definition) is 3. The van der Waals surface area contributed by atoms with Crippen LogP contribution in [-0.4, -0.2) is 23.0 Å². The molecular weight excluding hydrogens is 281 g/mol. The Kier molecular flexibility index (Phi) is 4.19. The lowest BCUT2D eigenvalue weighted by Crippen LogP contribution is -2.35.